The molecule has 1 aromatic heterocycles. The predicted octanol–water partition coefficient (Wildman–Crippen LogP) is 5.73. The zero-order chi connectivity index (χ0) is 23.2. The number of hydrogen-bond donors (Lipinski definition) is 2. The molecule has 33 heavy (non-hydrogen) atoms. The number of pyridine rings is 1. The van der Waals surface area contributed by atoms with Crippen molar-refractivity contribution in [1.29, 1.82) is 0 Å². The van der Waals surface area contributed by atoms with Crippen molar-refractivity contribution in [2.45, 2.75) is 71.8 Å². The number of methoxy groups -OCH3 is 1. The van der Waals surface area contributed by atoms with Crippen molar-refractivity contribution >= 4 is 11.6 Å². The quantitative estimate of drug-likeness (QED) is 0.577. The van der Waals surface area contributed by atoms with Crippen molar-refractivity contribution in [2.75, 3.05) is 13.7 Å². The second kappa shape index (κ2) is 8.48. The first-order chi connectivity index (χ1) is 15.9. The first-order valence-electron chi connectivity index (χ1n) is 12.8. The van der Waals surface area contributed by atoms with Gasteiger partial charge in [0.1, 0.15) is 5.75 Å². The summed E-state index contributed by atoms with van der Waals surface area (Å²) < 4.78 is 5.46. The number of nitrogens with zero attached hydrogens (tertiary/aromatic N) is 1. The van der Waals surface area contributed by atoms with Gasteiger partial charge in [-0.05, 0) is 97.7 Å². The molecule has 0 spiro atoms. The predicted molar refractivity (Wildman–Crippen MR) is 132 cm³/mol. The van der Waals surface area contributed by atoms with E-state index in [4.69, 9.17) is 4.74 Å². The van der Waals surface area contributed by atoms with E-state index in [0.717, 1.165) is 30.4 Å². The van der Waals surface area contributed by atoms with Crippen LogP contribution in [0.5, 0.6) is 5.75 Å². The van der Waals surface area contributed by atoms with E-state index in [1.807, 2.05) is 13.1 Å². The summed E-state index contributed by atoms with van der Waals surface area (Å²) in [6.07, 6.45) is 17.0. The van der Waals surface area contributed by atoms with Gasteiger partial charge in [-0.2, -0.15) is 0 Å². The molecule has 2 N–H and O–H groups in total. The van der Waals surface area contributed by atoms with Gasteiger partial charge in [-0.15, -0.1) is 0 Å². The van der Waals surface area contributed by atoms with E-state index in [2.05, 4.69) is 47.7 Å². The summed E-state index contributed by atoms with van der Waals surface area (Å²) in [5, 5.41) is 6.09. The van der Waals surface area contributed by atoms with Gasteiger partial charge in [-0.25, -0.2) is 4.79 Å². The number of rotatable bonds is 4. The summed E-state index contributed by atoms with van der Waals surface area (Å²) in [7, 11) is 1.71. The van der Waals surface area contributed by atoms with Crippen LogP contribution in [0.1, 0.15) is 71.3 Å². The molecule has 2 saturated carbocycles. The van der Waals surface area contributed by atoms with Crippen LogP contribution < -0.4 is 15.4 Å². The highest BCUT2D eigenvalue weighted by molar-refractivity contribution is 5.74. The first-order valence-corrected chi connectivity index (χ1v) is 12.8. The van der Waals surface area contributed by atoms with Crippen LogP contribution in [0.15, 0.2) is 36.2 Å². The lowest BCUT2D eigenvalue weighted by Gasteiger charge is -2.58. The molecule has 2 fully saturated rings. The summed E-state index contributed by atoms with van der Waals surface area (Å²) in [6, 6.07) is 2.40. The monoisotopic (exact) mass is 449 g/mol. The van der Waals surface area contributed by atoms with Crippen LogP contribution in [-0.2, 0) is 0 Å². The van der Waals surface area contributed by atoms with Gasteiger partial charge in [0.15, 0.2) is 0 Å². The Morgan fingerprint density at radius 3 is 2.73 bits per heavy atom. The van der Waals surface area contributed by atoms with Gasteiger partial charge in [0, 0.05) is 18.8 Å². The number of carbonyl (C=O) groups excluding carboxylic acids is 1. The molecule has 0 radical (unpaired) electrons. The number of urea groups is 1. The second-order valence-corrected chi connectivity index (χ2v) is 11.1. The number of hydrogen-bond acceptors (Lipinski definition) is 3. The first kappa shape index (κ1) is 22.5. The number of aromatic nitrogens is 1. The van der Waals surface area contributed by atoms with E-state index in [1.54, 1.807) is 18.9 Å². The Morgan fingerprint density at radius 2 is 1.94 bits per heavy atom. The van der Waals surface area contributed by atoms with Crippen LogP contribution in [0.25, 0.3) is 5.57 Å². The van der Waals surface area contributed by atoms with Gasteiger partial charge < -0.3 is 15.4 Å². The van der Waals surface area contributed by atoms with E-state index in [0.29, 0.717) is 12.5 Å². The molecule has 2 amide bonds. The molecule has 1 aromatic rings. The molecule has 5 nitrogen and oxygen atoms in total. The third-order valence-electron chi connectivity index (χ3n) is 9.62. The maximum atomic E-state index is 12.1. The van der Waals surface area contributed by atoms with Crippen molar-refractivity contribution in [2.24, 2.45) is 28.6 Å². The van der Waals surface area contributed by atoms with Gasteiger partial charge in [0.25, 0.3) is 0 Å². The molecular weight excluding hydrogens is 410 g/mol. The Bertz CT molecular complexity index is 985. The van der Waals surface area contributed by atoms with Crippen LogP contribution in [0, 0.1) is 28.6 Å². The van der Waals surface area contributed by atoms with Crippen LogP contribution in [0.2, 0.25) is 0 Å². The fourth-order valence-corrected chi connectivity index (χ4v) is 7.87. The normalized spacial score (nSPS) is 37.1. The molecule has 0 bridgehead atoms. The van der Waals surface area contributed by atoms with Gasteiger partial charge in [-0.1, -0.05) is 31.6 Å². The van der Waals surface area contributed by atoms with Crippen molar-refractivity contribution in [3.8, 4) is 5.75 Å². The second-order valence-electron chi connectivity index (χ2n) is 11.1. The number of nitrogens with one attached hydrogen (secondary N) is 2. The summed E-state index contributed by atoms with van der Waals surface area (Å²) >= 11 is 0. The Balaban J connectivity index is 1.35. The Morgan fingerprint density at radius 1 is 1.12 bits per heavy atom. The summed E-state index contributed by atoms with van der Waals surface area (Å²) in [5.74, 6) is 3.01. The molecule has 1 heterocycles. The minimum Gasteiger partial charge on any atom is -0.495 e. The lowest BCUT2D eigenvalue weighted by Crippen LogP contribution is -2.52. The molecular formula is C28H39N3O2. The van der Waals surface area contributed by atoms with Crippen molar-refractivity contribution in [3.63, 3.8) is 0 Å². The summed E-state index contributed by atoms with van der Waals surface area (Å²) in [4.78, 5) is 16.5. The summed E-state index contributed by atoms with van der Waals surface area (Å²) in [5.41, 5.74) is 4.81. The zero-order valence-corrected chi connectivity index (χ0v) is 20.6. The number of amides is 2. The molecule has 4 aliphatic carbocycles. The number of carbonyl (C=O) groups is 1. The lowest BCUT2D eigenvalue weighted by atomic mass is 9.47. The van der Waals surface area contributed by atoms with E-state index in [1.165, 1.54) is 43.2 Å². The molecule has 178 valence electrons. The molecule has 4 aliphatic rings. The fraction of sp³-hybridized carbons (Fsp3) is 0.643. The van der Waals surface area contributed by atoms with Crippen LogP contribution in [0.4, 0.5) is 4.79 Å². The third kappa shape index (κ3) is 3.68. The maximum Gasteiger partial charge on any atom is 0.315 e. The third-order valence-corrected chi connectivity index (χ3v) is 9.62. The highest BCUT2D eigenvalue weighted by Crippen LogP contribution is 2.66. The van der Waals surface area contributed by atoms with Gasteiger partial charge in [-0.3, -0.25) is 4.98 Å². The lowest BCUT2D eigenvalue weighted by molar-refractivity contribution is -0.0121. The maximum absolute atomic E-state index is 12.1. The Labute approximate surface area is 198 Å². The van der Waals surface area contributed by atoms with Crippen molar-refractivity contribution < 1.29 is 9.53 Å². The minimum atomic E-state index is -0.0228. The molecule has 0 aromatic carbocycles. The number of ether oxygens (including phenoxy) is 1. The van der Waals surface area contributed by atoms with E-state index < -0.39 is 0 Å². The number of allylic oxidation sites excluding steroid dienone is 3. The summed E-state index contributed by atoms with van der Waals surface area (Å²) in [6.45, 7) is 7.66. The topological polar surface area (TPSA) is 63.2 Å². The molecule has 0 aliphatic heterocycles. The van der Waals surface area contributed by atoms with Gasteiger partial charge >= 0.3 is 6.03 Å². The zero-order valence-electron chi connectivity index (χ0n) is 20.6. The Kier molecular flexibility index (Phi) is 5.78. The van der Waals surface area contributed by atoms with Crippen LogP contribution in [0.3, 0.4) is 0 Å². The minimum absolute atomic E-state index is 0.0228. The fourth-order valence-electron chi connectivity index (χ4n) is 7.87. The molecule has 5 rings (SSSR count). The SMILES string of the molecule is CCNC(=O)NC1CC[C@@]2(C)C(=CC[C@@H]3[C@@H]2CC[C@]2(C)C(c4cncc(OC)c4)=CC[C@@H]32)C1. The molecule has 6 atom stereocenters. The highest BCUT2D eigenvalue weighted by Gasteiger charge is 2.56. The van der Waals surface area contributed by atoms with E-state index >= 15 is 0 Å². The highest BCUT2D eigenvalue weighted by atomic mass is 16.5. The standard InChI is InChI=1S/C28H39N3O2/c1-5-30-26(32)31-20-10-12-27(2)19(15-20)6-7-22-24-9-8-23(28(24,3)13-11-25(22)27)18-14-21(33-4)17-29-16-18/h6,8,14,16-17,20,22,24-25H,5,7,9-13,15H2,1-4H3,(H2,30,31,32)/t20?,22-,24-,25-,27-,28+/m0/s1. The molecule has 1 unspecified atom stereocenters. The average Bonchev–Trinajstić information content (AvgIpc) is 3.17. The van der Waals surface area contributed by atoms with Crippen LogP contribution in [-0.4, -0.2) is 30.7 Å². The Hall–Kier alpha value is -2.30. The van der Waals surface area contributed by atoms with Gasteiger partial charge in [0.05, 0.1) is 13.3 Å². The van der Waals surface area contributed by atoms with Crippen molar-refractivity contribution in [1.82, 2.24) is 15.6 Å². The largest absolute Gasteiger partial charge is 0.495 e. The van der Waals surface area contributed by atoms with E-state index in [-0.39, 0.29) is 22.9 Å². The number of fused-ring (bicyclic) bond motifs is 5. The van der Waals surface area contributed by atoms with Crippen LogP contribution >= 0.6 is 0 Å². The average molecular weight is 450 g/mol. The molecule has 5 heteroatoms. The smallest absolute Gasteiger partial charge is 0.315 e. The molecule has 0 saturated heterocycles. The van der Waals surface area contributed by atoms with Crippen molar-refractivity contribution in [3.05, 3.63) is 41.7 Å². The van der Waals surface area contributed by atoms with E-state index in [9.17, 15) is 4.79 Å². The van der Waals surface area contributed by atoms with Gasteiger partial charge in [0.2, 0.25) is 0 Å².